The first kappa shape index (κ1) is 17.7. The summed E-state index contributed by atoms with van der Waals surface area (Å²) in [6, 6.07) is 11.5. The summed E-state index contributed by atoms with van der Waals surface area (Å²) in [4.78, 5) is 0. The molecule has 1 heterocycles. The monoisotopic (exact) mass is 363 g/mol. The normalized spacial score (nSPS) is 15.7. The molecule has 1 aliphatic heterocycles. The summed E-state index contributed by atoms with van der Waals surface area (Å²) in [5.41, 5.74) is 1.02. The first-order chi connectivity index (χ1) is 12.2. The van der Waals surface area contributed by atoms with E-state index in [0.717, 1.165) is 17.1 Å². The predicted molar refractivity (Wildman–Crippen MR) is 97.2 cm³/mol. The van der Waals surface area contributed by atoms with E-state index in [9.17, 15) is 0 Å². The number of methoxy groups -OCH3 is 1. The summed E-state index contributed by atoms with van der Waals surface area (Å²) in [6.45, 7) is 4.28. The largest absolute Gasteiger partial charge is 0.493 e. The Morgan fingerprint density at radius 2 is 2.04 bits per heavy atom. The number of rotatable bonds is 7. The molecule has 2 aromatic rings. The second-order valence-corrected chi connectivity index (χ2v) is 6.08. The molecule has 0 amide bonds. The molecule has 0 spiro atoms. The average Bonchev–Trinajstić information content (AvgIpc) is 2.63. The fraction of sp³-hybridized carbons (Fsp3) is 0.368. The van der Waals surface area contributed by atoms with E-state index >= 15 is 0 Å². The van der Waals surface area contributed by atoms with E-state index in [2.05, 4.69) is 5.32 Å². The molecule has 5 nitrogen and oxygen atoms in total. The standard InChI is InChI=1S/C19H22ClNO4/c1-3-23-19-15(20)8-13(9-18(19)22-2)10-21-11-14-12-24-16-6-4-5-7-17(16)25-14/h4-9,14,21H,3,10-12H2,1-2H3/t14-/m1/s1. The summed E-state index contributed by atoms with van der Waals surface area (Å²) in [5.74, 6) is 2.79. The van der Waals surface area contributed by atoms with E-state index in [1.165, 1.54) is 0 Å². The second-order valence-electron chi connectivity index (χ2n) is 5.67. The maximum absolute atomic E-state index is 6.30. The lowest BCUT2D eigenvalue weighted by molar-refractivity contribution is 0.0902. The Labute approximate surface area is 152 Å². The molecule has 0 fully saturated rings. The number of halogens is 1. The van der Waals surface area contributed by atoms with Crippen molar-refractivity contribution in [1.29, 1.82) is 0 Å². The summed E-state index contributed by atoms with van der Waals surface area (Å²) in [7, 11) is 1.61. The molecular weight excluding hydrogens is 342 g/mol. The molecule has 3 rings (SSSR count). The van der Waals surface area contributed by atoms with E-state index in [-0.39, 0.29) is 6.10 Å². The summed E-state index contributed by atoms with van der Waals surface area (Å²) in [6.07, 6.45) is -0.0324. The Bertz CT molecular complexity index is 723. The number of para-hydroxylation sites is 2. The molecular formula is C19H22ClNO4. The Balaban J connectivity index is 1.57. The van der Waals surface area contributed by atoms with Gasteiger partial charge in [0, 0.05) is 13.1 Å². The Kier molecular flexibility index (Phi) is 5.89. The molecule has 25 heavy (non-hydrogen) atoms. The fourth-order valence-electron chi connectivity index (χ4n) is 2.70. The smallest absolute Gasteiger partial charge is 0.179 e. The van der Waals surface area contributed by atoms with Gasteiger partial charge in [-0.25, -0.2) is 0 Å². The third-order valence-electron chi connectivity index (χ3n) is 3.85. The van der Waals surface area contributed by atoms with Gasteiger partial charge < -0.3 is 24.3 Å². The summed E-state index contributed by atoms with van der Waals surface area (Å²) < 4.78 is 22.6. The molecule has 6 heteroatoms. The van der Waals surface area contributed by atoms with E-state index < -0.39 is 0 Å². The molecule has 1 aliphatic rings. The van der Waals surface area contributed by atoms with Gasteiger partial charge in [-0.3, -0.25) is 0 Å². The van der Waals surface area contributed by atoms with Crippen LogP contribution < -0.4 is 24.3 Å². The van der Waals surface area contributed by atoms with Crippen molar-refractivity contribution in [1.82, 2.24) is 5.32 Å². The Morgan fingerprint density at radius 3 is 2.80 bits per heavy atom. The predicted octanol–water partition coefficient (Wildman–Crippen LogP) is 3.68. The van der Waals surface area contributed by atoms with Crippen LogP contribution in [0.5, 0.6) is 23.0 Å². The van der Waals surface area contributed by atoms with E-state index in [1.54, 1.807) is 7.11 Å². The van der Waals surface area contributed by atoms with Crippen molar-refractivity contribution < 1.29 is 18.9 Å². The zero-order valence-corrected chi connectivity index (χ0v) is 15.1. The van der Waals surface area contributed by atoms with Crippen molar-refractivity contribution >= 4 is 11.6 Å². The van der Waals surface area contributed by atoms with Gasteiger partial charge in [0.15, 0.2) is 23.0 Å². The van der Waals surface area contributed by atoms with Crippen LogP contribution >= 0.6 is 11.6 Å². The van der Waals surface area contributed by atoms with Gasteiger partial charge >= 0.3 is 0 Å². The first-order valence-electron chi connectivity index (χ1n) is 8.29. The first-order valence-corrected chi connectivity index (χ1v) is 8.67. The molecule has 2 aromatic carbocycles. The number of benzene rings is 2. The van der Waals surface area contributed by atoms with Gasteiger partial charge in [0.2, 0.25) is 0 Å². The highest BCUT2D eigenvalue weighted by Crippen LogP contribution is 2.36. The van der Waals surface area contributed by atoms with Crippen LogP contribution in [0.3, 0.4) is 0 Å². The van der Waals surface area contributed by atoms with E-state index in [0.29, 0.717) is 42.8 Å². The van der Waals surface area contributed by atoms with Gasteiger partial charge in [0.25, 0.3) is 0 Å². The van der Waals surface area contributed by atoms with Gasteiger partial charge in [-0.2, -0.15) is 0 Å². The van der Waals surface area contributed by atoms with Gasteiger partial charge in [-0.15, -0.1) is 0 Å². The number of hydrogen-bond acceptors (Lipinski definition) is 5. The van der Waals surface area contributed by atoms with Crippen molar-refractivity contribution in [2.75, 3.05) is 26.9 Å². The number of fused-ring (bicyclic) bond motifs is 1. The van der Waals surface area contributed by atoms with Crippen molar-refractivity contribution in [3.05, 3.63) is 47.0 Å². The SMILES string of the molecule is CCOc1c(Cl)cc(CNC[C@@H]2COc3ccccc3O2)cc1OC. The lowest BCUT2D eigenvalue weighted by Crippen LogP contribution is -2.38. The molecule has 0 unspecified atom stereocenters. The van der Waals surface area contributed by atoms with Crippen LogP contribution in [0.2, 0.25) is 5.02 Å². The van der Waals surface area contributed by atoms with Crippen LogP contribution in [0.1, 0.15) is 12.5 Å². The van der Waals surface area contributed by atoms with Crippen LogP contribution in [0.25, 0.3) is 0 Å². The van der Waals surface area contributed by atoms with Crippen LogP contribution in [0, 0.1) is 0 Å². The van der Waals surface area contributed by atoms with Crippen LogP contribution in [-0.2, 0) is 6.54 Å². The molecule has 0 saturated carbocycles. The molecule has 1 atom stereocenters. The number of hydrogen-bond donors (Lipinski definition) is 1. The van der Waals surface area contributed by atoms with Crippen LogP contribution in [0.4, 0.5) is 0 Å². The van der Waals surface area contributed by atoms with Crippen molar-refractivity contribution in [2.24, 2.45) is 0 Å². The van der Waals surface area contributed by atoms with Crippen LogP contribution in [-0.4, -0.2) is 33.0 Å². The highest BCUT2D eigenvalue weighted by molar-refractivity contribution is 6.32. The third-order valence-corrected chi connectivity index (χ3v) is 4.13. The van der Waals surface area contributed by atoms with Crippen LogP contribution in [0.15, 0.2) is 36.4 Å². The highest BCUT2D eigenvalue weighted by Gasteiger charge is 2.20. The minimum atomic E-state index is -0.0324. The molecule has 0 radical (unpaired) electrons. The lowest BCUT2D eigenvalue weighted by Gasteiger charge is -2.26. The van der Waals surface area contributed by atoms with E-state index in [1.807, 2.05) is 43.3 Å². The minimum Gasteiger partial charge on any atom is -0.493 e. The minimum absolute atomic E-state index is 0.0324. The number of nitrogens with one attached hydrogen (secondary N) is 1. The molecule has 1 N–H and O–H groups in total. The van der Waals surface area contributed by atoms with Gasteiger partial charge in [0.05, 0.1) is 18.7 Å². The highest BCUT2D eigenvalue weighted by atomic mass is 35.5. The summed E-state index contributed by atoms with van der Waals surface area (Å²) in [5, 5.41) is 3.92. The van der Waals surface area contributed by atoms with Crippen molar-refractivity contribution in [2.45, 2.75) is 19.6 Å². The van der Waals surface area contributed by atoms with Crippen molar-refractivity contribution in [3.63, 3.8) is 0 Å². The van der Waals surface area contributed by atoms with Gasteiger partial charge in [0.1, 0.15) is 12.7 Å². The zero-order chi connectivity index (χ0) is 17.6. The zero-order valence-electron chi connectivity index (χ0n) is 14.4. The maximum atomic E-state index is 6.30. The third kappa shape index (κ3) is 4.30. The topological polar surface area (TPSA) is 49.0 Å². The molecule has 0 aliphatic carbocycles. The summed E-state index contributed by atoms with van der Waals surface area (Å²) >= 11 is 6.30. The number of ether oxygens (including phenoxy) is 4. The van der Waals surface area contributed by atoms with Gasteiger partial charge in [-0.1, -0.05) is 23.7 Å². The molecule has 0 aromatic heterocycles. The Hall–Kier alpha value is -2.11. The quantitative estimate of drug-likeness (QED) is 0.813. The second kappa shape index (κ2) is 8.32. The fourth-order valence-corrected chi connectivity index (χ4v) is 2.99. The lowest BCUT2D eigenvalue weighted by atomic mass is 10.2. The maximum Gasteiger partial charge on any atom is 0.179 e. The van der Waals surface area contributed by atoms with Gasteiger partial charge in [-0.05, 0) is 36.8 Å². The molecule has 0 saturated heterocycles. The molecule has 0 bridgehead atoms. The Morgan fingerprint density at radius 1 is 1.24 bits per heavy atom. The van der Waals surface area contributed by atoms with Crippen molar-refractivity contribution in [3.8, 4) is 23.0 Å². The molecule has 134 valence electrons. The van der Waals surface area contributed by atoms with E-state index in [4.69, 9.17) is 30.5 Å². The average molecular weight is 364 g/mol.